The number of nitrogens with zero attached hydrogens (tertiary/aromatic N) is 2. The number of nitrogens with two attached hydrogens (primary N) is 1. The Labute approximate surface area is 103 Å². The Hall–Kier alpha value is -1.16. The fraction of sp³-hybridized carbons (Fsp3) is 0.500. The van der Waals surface area contributed by atoms with Crippen LogP contribution in [0.5, 0.6) is 0 Å². The molecule has 1 aromatic heterocycles. The Morgan fingerprint density at radius 3 is 2.75 bits per heavy atom. The molecule has 3 nitrogen and oxygen atoms in total. The molecule has 1 aromatic rings. The summed E-state index contributed by atoms with van der Waals surface area (Å²) < 4.78 is 0. The van der Waals surface area contributed by atoms with Crippen molar-refractivity contribution in [2.24, 2.45) is 5.73 Å². The number of thiocarbonyl (C=S) groups is 1. The molecule has 1 rings (SSSR count). The maximum absolute atomic E-state index is 5.55. The number of anilines is 1. The fourth-order valence-electron chi connectivity index (χ4n) is 1.68. The van der Waals surface area contributed by atoms with Gasteiger partial charge in [-0.1, -0.05) is 12.2 Å². The van der Waals surface area contributed by atoms with E-state index in [0.717, 1.165) is 13.0 Å². The zero-order chi connectivity index (χ0) is 12.1. The van der Waals surface area contributed by atoms with Crippen LogP contribution in [-0.4, -0.2) is 22.6 Å². The molecule has 0 radical (unpaired) electrons. The van der Waals surface area contributed by atoms with Gasteiger partial charge in [0.15, 0.2) is 0 Å². The lowest BCUT2D eigenvalue weighted by Gasteiger charge is -2.30. The van der Waals surface area contributed by atoms with Crippen LogP contribution in [0.15, 0.2) is 18.5 Å². The lowest BCUT2D eigenvalue weighted by Crippen LogP contribution is -2.34. The van der Waals surface area contributed by atoms with E-state index in [0.29, 0.717) is 11.0 Å². The van der Waals surface area contributed by atoms with E-state index >= 15 is 0 Å². The predicted molar refractivity (Wildman–Crippen MR) is 72.9 cm³/mol. The number of pyridine rings is 1. The lowest BCUT2D eigenvalue weighted by molar-refractivity contribution is 0.688. The van der Waals surface area contributed by atoms with Crippen LogP contribution < -0.4 is 10.6 Å². The van der Waals surface area contributed by atoms with Crippen molar-refractivity contribution < 1.29 is 0 Å². The summed E-state index contributed by atoms with van der Waals surface area (Å²) in [4.78, 5) is 6.97. The lowest BCUT2D eigenvalue weighted by atomic mass is 10.2. The Bertz CT molecular complexity index is 363. The molecule has 0 unspecified atom stereocenters. The van der Waals surface area contributed by atoms with Crippen molar-refractivity contribution in [3.63, 3.8) is 0 Å². The molecule has 0 saturated carbocycles. The van der Waals surface area contributed by atoms with Crippen molar-refractivity contribution in [2.45, 2.75) is 33.2 Å². The molecule has 0 aromatic carbocycles. The van der Waals surface area contributed by atoms with Crippen LogP contribution >= 0.6 is 12.2 Å². The molecular formula is C12H19N3S. The minimum Gasteiger partial charge on any atom is -0.393 e. The standard InChI is InChI=1S/C12H19N3S/c1-9(2)15(7-5-12(13)16)11-4-6-14-8-10(11)3/h4,6,8-9H,5,7H2,1-3H3,(H2,13,16). The quantitative estimate of drug-likeness (QED) is 0.798. The molecular weight excluding hydrogens is 218 g/mol. The summed E-state index contributed by atoms with van der Waals surface area (Å²) >= 11 is 4.92. The molecule has 1 heterocycles. The SMILES string of the molecule is Cc1cnccc1N(CCC(N)=S)C(C)C. The van der Waals surface area contributed by atoms with Gasteiger partial charge in [-0.2, -0.15) is 0 Å². The van der Waals surface area contributed by atoms with Crippen LogP contribution in [0, 0.1) is 6.92 Å². The summed E-state index contributed by atoms with van der Waals surface area (Å²) in [5, 5.41) is 0. The summed E-state index contributed by atoms with van der Waals surface area (Å²) in [5.74, 6) is 0. The third-order valence-electron chi connectivity index (χ3n) is 2.52. The van der Waals surface area contributed by atoms with Gasteiger partial charge in [0.05, 0.1) is 4.99 Å². The van der Waals surface area contributed by atoms with E-state index in [-0.39, 0.29) is 0 Å². The van der Waals surface area contributed by atoms with E-state index in [1.165, 1.54) is 11.3 Å². The van der Waals surface area contributed by atoms with Gasteiger partial charge in [-0.3, -0.25) is 4.98 Å². The predicted octanol–water partition coefficient (Wildman–Crippen LogP) is 2.28. The number of hydrogen-bond donors (Lipinski definition) is 1. The molecule has 0 aliphatic heterocycles. The van der Waals surface area contributed by atoms with E-state index in [1.807, 2.05) is 18.5 Å². The minimum atomic E-state index is 0.426. The average Bonchev–Trinajstić information content (AvgIpc) is 2.20. The summed E-state index contributed by atoms with van der Waals surface area (Å²) in [5.41, 5.74) is 7.94. The van der Waals surface area contributed by atoms with Crippen LogP contribution in [0.3, 0.4) is 0 Å². The van der Waals surface area contributed by atoms with Gasteiger partial charge >= 0.3 is 0 Å². The van der Waals surface area contributed by atoms with Crippen molar-refractivity contribution in [2.75, 3.05) is 11.4 Å². The zero-order valence-corrected chi connectivity index (χ0v) is 10.9. The highest BCUT2D eigenvalue weighted by Gasteiger charge is 2.12. The maximum atomic E-state index is 5.55. The molecule has 0 bridgehead atoms. The van der Waals surface area contributed by atoms with Crippen LogP contribution in [0.2, 0.25) is 0 Å². The highest BCUT2D eigenvalue weighted by Crippen LogP contribution is 2.20. The van der Waals surface area contributed by atoms with Gasteiger partial charge < -0.3 is 10.6 Å². The first-order chi connectivity index (χ1) is 7.52. The first-order valence-electron chi connectivity index (χ1n) is 5.48. The van der Waals surface area contributed by atoms with E-state index in [2.05, 4.69) is 30.7 Å². The van der Waals surface area contributed by atoms with Crippen molar-refractivity contribution in [3.05, 3.63) is 24.0 Å². The molecule has 0 amide bonds. The smallest absolute Gasteiger partial charge is 0.0745 e. The van der Waals surface area contributed by atoms with Crippen LogP contribution in [0.4, 0.5) is 5.69 Å². The Morgan fingerprint density at radius 2 is 2.25 bits per heavy atom. The van der Waals surface area contributed by atoms with Gasteiger partial charge in [-0.25, -0.2) is 0 Å². The molecule has 88 valence electrons. The summed E-state index contributed by atoms with van der Waals surface area (Å²) in [6.07, 6.45) is 4.44. The normalized spacial score (nSPS) is 10.5. The summed E-state index contributed by atoms with van der Waals surface area (Å²) in [6, 6.07) is 2.46. The molecule has 2 N–H and O–H groups in total. The third-order valence-corrected chi connectivity index (χ3v) is 2.73. The molecule has 0 aliphatic rings. The molecule has 4 heteroatoms. The van der Waals surface area contributed by atoms with Gasteiger partial charge in [0.2, 0.25) is 0 Å². The minimum absolute atomic E-state index is 0.426. The first-order valence-corrected chi connectivity index (χ1v) is 5.88. The fourth-order valence-corrected chi connectivity index (χ4v) is 1.77. The van der Waals surface area contributed by atoms with Gasteiger partial charge in [-0.05, 0) is 32.4 Å². The Kier molecular flexibility index (Phi) is 4.68. The number of rotatable bonds is 5. The Balaban J connectivity index is 2.85. The van der Waals surface area contributed by atoms with Gasteiger partial charge in [0, 0.05) is 37.1 Å². The van der Waals surface area contributed by atoms with Gasteiger partial charge in [-0.15, -0.1) is 0 Å². The van der Waals surface area contributed by atoms with Crippen LogP contribution in [0.1, 0.15) is 25.8 Å². The van der Waals surface area contributed by atoms with E-state index in [4.69, 9.17) is 18.0 Å². The molecule has 0 fully saturated rings. The van der Waals surface area contributed by atoms with Crippen LogP contribution in [0.25, 0.3) is 0 Å². The number of aromatic nitrogens is 1. The highest BCUT2D eigenvalue weighted by atomic mass is 32.1. The summed E-state index contributed by atoms with van der Waals surface area (Å²) in [7, 11) is 0. The largest absolute Gasteiger partial charge is 0.393 e. The van der Waals surface area contributed by atoms with E-state index < -0.39 is 0 Å². The van der Waals surface area contributed by atoms with Gasteiger partial charge in [0.1, 0.15) is 0 Å². The van der Waals surface area contributed by atoms with Crippen molar-refractivity contribution in [1.82, 2.24) is 4.98 Å². The molecule has 0 saturated heterocycles. The Morgan fingerprint density at radius 1 is 1.56 bits per heavy atom. The van der Waals surface area contributed by atoms with Gasteiger partial charge in [0.25, 0.3) is 0 Å². The first kappa shape index (κ1) is 12.9. The second kappa shape index (κ2) is 5.80. The van der Waals surface area contributed by atoms with Crippen LogP contribution in [-0.2, 0) is 0 Å². The van der Waals surface area contributed by atoms with Crippen molar-refractivity contribution in [3.8, 4) is 0 Å². The molecule has 0 aliphatic carbocycles. The molecule has 0 atom stereocenters. The third kappa shape index (κ3) is 3.45. The topological polar surface area (TPSA) is 42.2 Å². The number of hydrogen-bond acceptors (Lipinski definition) is 3. The highest BCUT2D eigenvalue weighted by molar-refractivity contribution is 7.80. The molecule has 0 spiro atoms. The average molecular weight is 237 g/mol. The maximum Gasteiger partial charge on any atom is 0.0745 e. The number of aryl methyl sites for hydroxylation is 1. The molecule has 16 heavy (non-hydrogen) atoms. The second-order valence-electron chi connectivity index (χ2n) is 4.17. The van der Waals surface area contributed by atoms with E-state index in [9.17, 15) is 0 Å². The summed E-state index contributed by atoms with van der Waals surface area (Å²) in [6.45, 7) is 7.26. The van der Waals surface area contributed by atoms with E-state index in [1.54, 1.807) is 0 Å². The second-order valence-corrected chi connectivity index (χ2v) is 4.69. The monoisotopic (exact) mass is 237 g/mol. The zero-order valence-electron chi connectivity index (χ0n) is 10.1. The van der Waals surface area contributed by atoms with Crippen molar-refractivity contribution in [1.29, 1.82) is 0 Å². The van der Waals surface area contributed by atoms with Crippen molar-refractivity contribution >= 4 is 22.9 Å².